The van der Waals surface area contributed by atoms with Crippen LogP contribution >= 0.6 is 0 Å². The Morgan fingerprint density at radius 3 is 2.60 bits per heavy atom. The van der Waals surface area contributed by atoms with E-state index in [0.29, 0.717) is 11.4 Å². The van der Waals surface area contributed by atoms with Gasteiger partial charge in [0.25, 0.3) is 5.91 Å². The van der Waals surface area contributed by atoms with Crippen LogP contribution in [-0.2, 0) is 0 Å². The summed E-state index contributed by atoms with van der Waals surface area (Å²) in [5, 5.41) is 14.4. The molecule has 10 heteroatoms. The highest BCUT2D eigenvalue weighted by Crippen LogP contribution is 2.27. The van der Waals surface area contributed by atoms with Crippen LogP contribution in [0.25, 0.3) is 5.69 Å². The number of aromatic nitrogens is 5. The van der Waals surface area contributed by atoms with Crippen molar-refractivity contribution in [1.82, 2.24) is 25.0 Å². The summed E-state index contributed by atoms with van der Waals surface area (Å²) in [5.41, 5.74) is 7.34. The Kier molecular flexibility index (Phi) is 5.55. The van der Waals surface area contributed by atoms with Gasteiger partial charge in [0, 0.05) is 6.04 Å². The van der Waals surface area contributed by atoms with Gasteiger partial charge in [-0.3, -0.25) is 9.78 Å². The van der Waals surface area contributed by atoms with Gasteiger partial charge in [-0.15, -0.1) is 4.80 Å². The third kappa shape index (κ3) is 4.22. The number of hydrogen-bond donors (Lipinski definition) is 3. The number of hydrogen-bond acceptors (Lipinski definition) is 7. The maximum Gasteiger partial charge on any atom is 0.252 e. The molecule has 0 spiro atoms. The van der Waals surface area contributed by atoms with Crippen LogP contribution in [0, 0.1) is 12.7 Å². The number of carbonyl (C=O) groups excluding carboxylic acids is 1. The molecule has 4 N–H and O–H groups in total. The molecule has 0 saturated heterocycles. The quantitative estimate of drug-likeness (QED) is 0.570. The van der Waals surface area contributed by atoms with Gasteiger partial charge in [0.1, 0.15) is 11.5 Å². The second-order valence-electron chi connectivity index (χ2n) is 7.33. The maximum absolute atomic E-state index is 14.6. The van der Waals surface area contributed by atoms with Crippen molar-refractivity contribution in [3.05, 3.63) is 47.8 Å². The zero-order chi connectivity index (χ0) is 21.1. The molecule has 0 unspecified atom stereocenters. The molecular weight excluding hydrogens is 387 g/mol. The first-order chi connectivity index (χ1) is 14.5. The summed E-state index contributed by atoms with van der Waals surface area (Å²) in [6.45, 7) is 1.83. The summed E-state index contributed by atoms with van der Waals surface area (Å²) in [5.74, 6) is -1.12. The average molecular weight is 410 g/mol. The van der Waals surface area contributed by atoms with Gasteiger partial charge in [-0.25, -0.2) is 9.37 Å². The lowest BCUT2D eigenvalue weighted by atomic mass is 9.95. The van der Waals surface area contributed by atoms with Crippen molar-refractivity contribution in [1.29, 1.82) is 0 Å². The minimum atomic E-state index is -0.776. The predicted molar refractivity (Wildman–Crippen MR) is 110 cm³/mol. The largest absolute Gasteiger partial charge is 0.365 e. The molecule has 156 valence electrons. The standard InChI is InChI=1S/C20H23FN8O/c1-12-17(29-24-7-8-25-29)9-14(11-23-12)27-19-15(18(22)30)10-16(21)20(28-19)26-13-5-3-2-4-6-13/h7-11,13H,2-6H2,1H3,(H2,22,30)(H2,26,27,28). The molecule has 30 heavy (non-hydrogen) atoms. The minimum absolute atomic E-state index is 0.0407. The van der Waals surface area contributed by atoms with Crippen LogP contribution in [0.2, 0.25) is 0 Å². The Hall–Kier alpha value is -3.56. The molecule has 0 atom stereocenters. The number of anilines is 3. The number of halogens is 1. The van der Waals surface area contributed by atoms with Gasteiger partial charge in [-0.2, -0.15) is 10.2 Å². The third-order valence-electron chi connectivity index (χ3n) is 5.14. The summed E-state index contributed by atoms with van der Waals surface area (Å²) in [6.07, 6.45) is 10.0. The number of carbonyl (C=O) groups is 1. The fourth-order valence-corrected chi connectivity index (χ4v) is 3.58. The van der Waals surface area contributed by atoms with Crippen LogP contribution in [0.15, 0.2) is 30.7 Å². The Morgan fingerprint density at radius 2 is 1.90 bits per heavy atom. The molecular formula is C20H23FN8O. The van der Waals surface area contributed by atoms with Gasteiger partial charge in [-0.05, 0) is 31.9 Å². The van der Waals surface area contributed by atoms with Crippen molar-refractivity contribution < 1.29 is 9.18 Å². The van der Waals surface area contributed by atoms with E-state index in [2.05, 4.69) is 30.8 Å². The van der Waals surface area contributed by atoms with Crippen LogP contribution in [0.1, 0.15) is 48.2 Å². The number of nitrogens with one attached hydrogen (secondary N) is 2. The molecule has 3 heterocycles. The fraction of sp³-hybridized carbons (Fsp3) is 0.350. The molecule has 0 aliphatic heterocycles. The summed E-state index contributed by atoms with van der Waals surface area (Å²) >= 11 is 0. The Bertz CT molecular complexity index is 1050. The molecule has 1 aliphatic rings. The Morgan fingerprint density at radius 1 is 1.17 bits per heavy atom. The van der Waals surface area contributed by atoms with Gasteiger partial charge >= 0.3 is 0 Å². The highest BCUT2D eigenvalue weighted by molar-refractivity contribution is 5.98. The van der Waals surface area contributed by atoms with Gasteiger partial charge in [-0.1, -0.05) is 19.3 Å². The Balaban J connectivity index is 1.66. The first kappa shape index (κ1) is 19.7. The van der Waals surface area contributed by atoms with E-state index in [0.717, 1.165) is 37.4 Å². The van der Waals surface area contributed by atoms with Crippen molar-refractivity contribution >= 4 is 23.2 Å². The smallest absolute Gasteiger partial charge is 0.252 e. The number of nitrogens with zero attached hydrogens (tertiary/aromatic N) is 5. The highest BCUT2D eigenvalue weighted by atomic mass is 19.1. The van der Waals surface area contributed by atoms with Crippen LogP contribution in [-0.4, -0.2) is 36.9 Å². The highest BCUT2D eigenvalue weighted by Gasteiger charge is 2.20. The minimum Gasteiger partial charge on any atom is -0.365 e. The van der Waals surface area contributed by atoms with E-state index in [4.69, 9.17) is 5.73 Å². The summed E-state index contributed by atoms with van der Waals surface area (Å²) in [6, 6.07) is 3.04. The van der Waals surface area contributed by atoms with Gasteiger partial charge in [0.05, 0.1) is 35.5 Å². The lowest BCUT2D eigenvalue weighted by Crippen LogP contribution is -2.24. The molecule has 1 fully saturated rings. The monoisotopic (exact) mass is 410 g/mol. The molecule has 1 saturated carbocycles. The number of pyridine rings is 2. The Labute approximate surface area is 172 Å². The molecule has 4 rings (SSSR count). The van der Waals surface area contributed by atoms with Crippen LogP contribution < -0.4 is 16.4 Å². The second kappa shape index (κ2) is 8.44. The van der Waals surface area contributed by atoms with Crippen molar-refractivity contribution in [3.8, 4) is 5.69 Å². The van der Waals surface area contributed by atoms with Gasteiger partial charge in [0.15, 0.2) is 11.6 Å². The average Bonchev–Trinajstić information content (AvgIpc) is 3.27. The van der Waals surface area contributed by atoms with Crippen molar-refractivity contribution in [2.75, 3.05) is 10.6 Å². The lowest BCUT2D eigenvalue weighted by Gasteiger charge is -2.24. The molecule has 0 bridgehead atoms. The maximum atomic E-state index is 14.6. The third-order valence-corrected chi connectivity index (χ3v) is 5.14. The SMILES string of the molecule is Cc1ncc(Nc2nc(NC3CCCCC3)c(F)cc2C(N)=O)cc1-n1nccn1. The van der Waals surface area contributed by atoms with E-state index in [1.807, 2.05) is 6.92 Å². The van der Waals surface area contributed by atoms with Crippen LogP contribution in [0.4, 0.5) is 21.7 Å². The fourth-order valence-electron chi connectivity index (χ4n) is 3.58. The summed E-state index contributed by atoms with van der Waals surface area (Å²) in [7, 11) is 0. The molecule has 1 amide bonds. The lowest BCUT2D eigenvalue weighted by molar-refractivity contribution is 0.100. The number of rotatable bonds is 6. The molecule has 0 radical (unpaired) electrons. The van der Waals surface area contributed by atoms with E-state index in [1.165, 1.54) is 11.2 Å². The van der Waals surface area contributed by atoms with Crippen LogP contribution in [0.5, 0.6) is 0 Å². The van der Waals surface area contributed by atoms with Crippen molar-refractivity contribution in [3.63, 3.8) is 0 Å². The normalized spacial score (nSPS) is 14.5. The first-order valence-electron chi connectivity index (χ1n) is 9.88. The zero-order valence-electron chi connectivity index (χ0n) is 16.6. The van der Waals surface area contributed by atoms with Crippen molar-refractivity contribution in [2.45, 2.75) is 45.1 Å². The van der Waals surface area contributed by atoms with Crippen LogP contribution in [0.3, 0.4) is 0 Å². The molecule has 0 aromatic carbocycles. The molecule has 3 aromatic heterocycles. The van der Waals surface area contributed by atoms with Gasteiger partial charge in [0.2, 0.25) is 0 Å². The number of nitrogens with two attached hydrogens (primary N) is 1. The molecule has 3 aromatic rings. The van der Waals surface area contributed by atoms with E-state index in [9.17, 15) is 9.18 Å². The van der Waals surface area contributed by atoms with Crippen molar-refractivity contribution in [2.24, 2.45) is 5.73 Å². The first-order valence-corrected chi connectivity index (χ1v) is 9.88. The molecule has 9 nitrogen and oxygen atoms in total. The van der Waals surface area contributed by atoms with E-state index >= 15 is 0 Å². The van der Waals surface area contributed by atoms with E-state index in [1.54, 1.807) is 24.7 Å². The number of primary amides is 1. The summed E-state index contributed by atoms with van der Waals surface area (Å²) < 4.78 is 14.6. The van der Waals surface area contributed by atoms with E-state index < -0.39 is 11.7 Å². The van der Waals surface area contributed by atoms with Gasteiger partial charge < -0.3 is 16.4 Å². The topological polar surface area (TPSA) is 124 Å². The zero-order valence-corrected chi connectivity index (χ0v) is 16.6. The predicted octanol–water partition coefficient (Wildman–Crippen LogP) is 3.09. The number of aryl methyl sites for hydroxylation is 1. The number of amides is 1. The molecule has 1 aliphatic carbocycles. The summed E-state index contributed by atoms with van der Waals surface area (Å²) in [4.78, 5) is 22.0. The second-order valence-corrected chi connectivity index (χ2v) is 7.33. The van der Waals surface area contributed by atoms with E-state index in [-0.39, 0.29) is 23.2 Å².